The van der Waals surface area contributed by atoms with Gasteiger partial charge < -0.3 is 9.47 Å². The van der Waals surface area contributed by atoms with E-state index in [0.29, 0.717) is 12.2 Å². The van der Waals surface area contributed by atoms with Crippen LogP contribution in [0.3, 0.4) is 0 Å². The molecule has 1 aliphatic carbocycles. The van der Waals surface area contributed by atoms with Crippen molar-refractivity contribution in [1.29, 1.82) is 0 Å². The molecule has 0 spiro atoms. The van der Waals surface area contributed by atoms with E-state index >= 15 is 0 Å². The lowest BCUT2D eigenvalue weighted by Crippen LogP contribution is -2.41. The van der Waals surface area contributed by atoms with Crippen molar-refractivity contribution in [2.45, 2.75) is 77.6 Å². The summed E-state index contributed by atoms with van der Waals surface area (Å²) in [6, 6.07) is 0. The van der Waals surface area contributed by atoms with Crippen molar-refractivity contribution < 1.29 is 9.47 Å². The molecule has 6 unspecified atom stereocenters. The van der Waals surface area contributed by atoms with Crippen LogP contribution in [0.2, 0.25) is 0 Å². The Balaban J connectivity index is 1.73. The standard InChI is InChI=1S/C17H30O2/c1-11(2)16(14-6-5-9-18-12(14)3)13-7-8-15-17(4,10-13)19-15/h11-16H,5-10H2,1-4H3. The number of hydrogen-bond donors (Lipinski definition) is 0. The SMILES string of the molecule is CC(C)C(C1CCC2OC2(C)C1)C1CCCOC1C. The molecule has 0 aromatic rings. The van der Waals surface area contributed by atoms with Gasteiger partial charge in [-0.3, -0.25) is 0 Å². The van der Waals surface area contributed by atoms with E-state index < -0.39 is 0 Å². The lowest BCUT2D eigenvalue weighted by Gasteiger charge is -2.43. The highest BCUT2D eigenvalue weighted by molar-refractivity contribution is 5.05. The molecule has 3 aliphatic rings. The highest BCUT2D eigenvalue weighted by atomic mass is 16.6. The summed E-state index contributed by atoms with van der Waals surface area (Å²) in [5, 5.41) is 0. The molecule has 0 bridgehead atoms. The van der Waals surface area contributed by atoms with E-state index in [4.69, 9.17) is 9.47 Å². The molecule has 0 radical (unpaired) electrons. The van der Waals surface area contributed by atoms with Crippen LogP contribution in [-0.2, 0) is 9.47 Å². The van der Waals surface area contributed by atoms with Crippen molar-refractivity contribution in [3.05, 3.63) is 0 Å². The van der Waals surface area contributed by atoms with Crippen LogP contribution in [0.15, 0.2) is 0 Å². The normalized spacial score (nSPS) is 47.8. The van der Waals surface area contributed by atoms with E-state index in [-0.39, 0.29) is 5.60 Å². The van der Waals surface area contributed by atoms with Crippen molar-refractivity contribution in [3.63, 3.8) is 0 Å². The van der Waals surface area contributed by atoms with E-state index in [0.717, 1.165) is 30.3 Å². The Morgan fingerprint density at radius 1 is 1.16 bits per heavy atom. The number of fused-ring (bicyclic) bond motifs is 1. The van der Waals surface area contributed by atoms with Crippen molar-refractivity contribution in [2.75, 3.05) is 6.61 Å². The Bertz CT molecular complexity index is 327. The van der Waals surface area contributed by atoms with Gasteiger partial charge in [-0.25, -0.2) is 0 Å². The highest BCUT2D eigenvalue weighted by Crippen LogP contribution is 2.53. The van der Waals surface area contributed by atoms with Crippen LogP contribution in [0, 0.1) is 23.7 Å². The molecule has 1 saturated carbocycles. The molecule has 110 valence electrons. The number of rotatable bonds is 3. The first kappa shape index (κ1) is 13.9. The predicted octanol–water partition coefficient (Wildman–Crippen LogP) is 4.03. The summed E-state index contributed by atoms with van der Waals surface area (Å²) in [5.41, 5.74) is 0.231. The third-order valence-electron chi connectivity index (χ3n) is 5.98. The molecule has 2 nitrogen and oxygen atoms in total. The molecular formula is C17H30O2. The van der Waals surface area contributed by atoms with Gasteiger partial charge in [-0.15, -0.1) is 0 Å². The van der Waals surface area contributed by atoms with Gasteiger partial charge in [0.25, 0.3) is 0 Å². The molecule has 19 heavy (non-hydrogen) atoms. The third kappa shape index (κ3) is 2.58. The minimum absolute atomic E-state index is 0.231. The zero-order chi connectivity index (χ0) is 13.6. The second-order valence-corrected chi connectivity index (χ2v) is 7.66. The Hall–Kier alpha value is -0.0800. The van der Waals surface area contributed by atoms with Gasteiger partial charge >= 0.3 is 0 Å². The fraction of sp³-hybridized carbons (Fsp3) is 1.00. The Morgan fingerprint density at radius 3 is 2.58 bits per heavy atom. The molecule has 2 heterocycles. The van der Waals surface area contributed by atoms with Crippen molar-refractivity contribution in [2.24, 2.45) is 23.7 Å². The fourth-order valence-electron chi connectivity index (χ4n) is 4.99. The Morgan fingerprint density at radius 2 is 1.95 bits per heavy atom. The molecule has 3 rings (SSSR count). The first-order valence-corrected chi connectivity index (χ1v) is 8.30. The number of ether oxygens (including phenoxy) is 2. The van der Waals surface area contributed by atoms with Crippen LogP contribution in [0.5, 0.6) is 0 Å². The van der Waals surface area contributed by atoms with Crippen LogP contribution in [0.4, 0.5) is 0 Å². The van der Waals surface area contributed by atoms with E-state index in [1.807, 2.05) is 0 Å². The van der Waals surface area contributed by atoms with E-state index in [9.17, 15) is 0 Å². The van der Waals surface area contributed by atoms with Gasteiger partial charge in [-0.05, 0) is 69.6 Å². The van der Waals surface area contributed by atoms with Gasteiger partial charge in [0.15, 0.2) is 0 Å². The molecule has 6 atom stereocenters. The topological polar surface area (TPSA) is 21.8 Å². The first-order chi connectivity index (χ1) is 9.01. The molecule has 3 fully saturated rings. The summed E-state index contributed by atoms with van der Waals surface area (Å²) in [5.74, 6) is 3.19. The van der Waals surface area contributed by atoms with Crippen LogP contribution >= 0.6 is 0 Å². The summed E-state index contributed by atoms with van der Waals surface area (Å²) in [6.45, 7) is 10.4. The minimum atomic E-state index is 0.231. The maximum atomic E-state index is 5.94. The van der Waals surface area contributed by atoms with Gasteiger partial charge in [-0.1, -0.05) is 13.8 Å². The van der Waals surface area contributed by atoms with Crippen LogP contribution in [-0.4, -0.2) is 24.4 Å². The molecule has 2 aliphatic heterocycles. The van der Waals surface area contributed by atoms with Crippen LogP contribution < -0.4 is 0 Å². The maximum absolute atomic E-state index is 5.94. The molecule has 0 aromatic heterocycles. The number of epoxide rings is 1. The average Bonchev–Trinajstić information content (AvgIpc) is 3.02. The van der Waals surface area contributed by atoms with Gasteiger partial charge in [0, 0.05) is 6.61 Å². The molecular weight excluding hydrogens is 236 g/mol. The quantitative estimate of drug-likeness (QED) is 0.719. The van der Waals surface area contributed by atoms with Gasteiger partial charge in [0.2, 0.25) is 0 Å². The fourth-order valence-corrected chi connectivity index (χ4v) is 4.99. The summed E-state index contributed by atoms with van der Waals surface area (Å²) in [7, 11) is 0. The molecule has 2 saturated heterocycles. The van der Waals surface area contributed by atoms with Gasteiger partial charge in [-0.2, -0.15) is 0 Å². The average molecular weight is 266 g/mol. The maximum Gasteiger partial charge on any atom is 0.0923 e. The zero-order valence-electron chi connectivity index (χ0n) is 13.0. The summed E-state index contributed by atoms with van der Waals surface area (Å²) < 4.78 is 11.9. The molecule has 0 aromatic carbocycles. The van der Waals surface area contributed by atoms with Crippen LogP contribution in [0.1, 0.15) is 59.8 Å². The monoisotopic (exact) mass is 266 g/mol. The van der Waals surface area contributed by atoms with Crippen LogP contribution in [0.25, 0.3) is 0 Å². The second-order valence-electron chi connectivity index (χ2n) is 7.66. The Kier molecular flexibility index (Phi) is 3.68. The minimum Gasteiger partial charge on any atom is -0.378 e. The van der Waals surface area contributed by atoms with Crippen molar-refractivity contribution in [1.82, 2.24) is 0 Å². The summed E-state index contributed by atoms with van der Waals surface area (Å²) in [6.07, 6.45) is 7.58. The van der Waals surface area contributed by atoms with E-state index in [1.54, 1.807) is 0 Å². The smallest absolute Gasteiger partial charge is 0.0923 e. The first-order valence-electron chi connectivity index (χ1n) is 8.30. The lowest BCUT2D eigenvalue weighted by atomic mass is 9.64. The number of hydrogen-bond acceptors (Lipinski definition) is 2. The lowest BCUT2D eigenvalue weighted by molar-refractivity contribution is -0.0602. The van der Waals surface area contributed by atoms with Crippen molar-refractivity contribution >= 4 is 0 Å². The zero-order valence-corrected chi connectivity index (χ0v) is 13.0. The Labute approximate surface area is 118 Å². The van der Waals surface area contributed by atoms with Gasteiger partial charge in [0.1, 0.15) is 0 Å². The van der Waals surface area contributed by atoms with E-state index in [2.05, 4.69) is 27.7 Å². The second kappa shape index (κ2) is 5.04. The molecule has 0 N–H and O–H groups in total. The predicted molar refractivity (Wildman–Crippen MR) is 77.1 cm³/mol. The van der Waals surface area contributed by atoms with Crippen molar-refractivity contribution in [3.8, 4) is 0 Å². The summed E-state index contributed by atoms with van der Waals surface area (Å²) in [4.78, 5) is 0. The third-order valence-corrected chi connectivity index (χ3v) is 5.98. The molecule has 0 amide bonds. The summed E-state index contributed by atoms with van der Waals surface area (Å²) >= 11 is 0. The largest absolute Gasteiger partial charge is 0.378 e. The highest BCUT2D eigenvalue weighted by Gasteiger charge is 2.57. The van der Waals surface area contributed by atoms with Gasteiger partial charge in [0.05, 0.1) is 17.8 Å². The van der Waals surface area contributed by atoms with E-state index in [1.165, 1.54) is 32.1 Å². The molecule has 2 heteroatoms.